The topological polar surface area (TPSA) is 15.3 Å². The van der Waals surface area contributed by atoms with Crippen molar-refractivity contribution in [3.05, 3.63) is 29.3 Å². The zero-order valence-electron chi connectivity index (χ0n) is 11.6. The SMILES string of the molecule is CCc1cccc2c1NCC(C)C2N1CCCC1. The molecule has 1 aromatic rings. The van der Waals surface area contributed by atoms with Crippen LogP contribution in [-0.4, -0.2) is 24.5 Å². The molecular formula is C16H24N2. The summed E-state index contributed by atoms with van der Waals surface area (Å²) in [5, 5.41) is 3.66. The van der Waals surface area contributed by atoms with Crippen LogP contribution < -0.4 is 5.32 Å². The van der Waals surface area contributed by atoms with E-state index in [0.29, 0.717) is 12.0 Å². The minimum Gasteiger partial charge on any atom is -0.384 e. The Morgan fingerprint density at radius 3 is 2.78 bits per heavy atom. The fraction of sp³-hybridized carbons (Fsp3) is 0.625. The number of benzene rings is 1. The van der Waals surface area contributed by atoms with Crippen molar-refractivity contribution in [1.82, 2.24) is 4.90 Å². The second-order valence-electron chi connectivity index (χ2n) is 5.78. The predicted molar refractivity (Wildman–Crippen MR) is 77.0 cm³/mol. The summed E-state index contributed by atoms with van der Waals surface area (Å²) in [6, 6.07) is 7.47. The smallest absolute Gasteiger partial charge is 0.0421 e. The highest BCUT2D eigenvalue weighted by molar-refractivity contribution is 5.61. The molecule has 0 saturated carbocycles. The summed E-state index contributed by atoms with van der Waals surface area (Å²) in [7, 11) is 0. The summed E-state index contributed by atoms with van der Waals surface area (Å²) in [5.41, 5.74) is 4.44. The second kappa shape index (κ2) is 4.93. The molecule has 3 rings (SSSR count). The Balaban J connectivity index is 2.00. The number of hydrogen-bond donors (Lipinski definition) is 1. The van der Waals surface area contributed by atoms with Crippen LogP contribution in [0.4, 0.5) is 5.69 Å². The molecule has 1 fully saturated rings. The van der Waals surface area contributed by atoms with Gasteiger partial charge in [0.1, 0.15) is 0 Å². The zero-order chi connectivity index (χ0) is 12.5. The highest BCUT2D eigenvalue weighted by Crippen LogP contribution is 2.40. The Kier molecular flexibility index (Phi) is 3.29. The summed E-state index contributed by atoms with van der Waals surface area (Å²) < 4.78 is 0. The first-order chi connectivity index (χ1) is 8.81. The van der Waals surface area contributed by atoms with Gasteiger partial charge in [-0.25, -0.2) is 0 Å². The molecule has 98 valence electrons. The average molecular weight is 244 g/mol. The Morgan fingerprint density at radius 1 is 1.28 bits per heavy atom. The third kappa shape index (κ3) is 1.93. The lowest BCUT2D eigenvalue weighted by atomic mass is 9.86. The average Bonchev–Trinajstić information content (AvgIpc) is 2.91. The van der Waals surface area contributed by atoms with Crippen molar-refractivity contribution in [2.24, 2.45) is 5.92 Å². The molecule has 1 saturated heterocycles. The molecule has 0 amide bonds. The van der Waals surface area contributed by atoms with Gasteiger partial charge in [-0.05, 0) is 49.4 Å². The van der Waals surface area contributed by atoms with Crippen molar-refractivity contribution in [3.63, 3.8) is 0 Å². The number of fused-ring (bicyclic) bond motifs is 1. The third-order valence-electron chi connectivity index (χ3n) is 4.56. The normalized spacial score (nSPS) is 27.9. The van der Waals surface area contributed by atoms with E-state index in [9.17, 15) is 0 Å². The minimum atomic E-state index is 0.634. The number of anilines is 1. The van der Waals surface area contributed by atoms with Crippen LogP contribution in [0.2, 0.25) is 0 Å². The molecule has 1 aromatic carbocycles. The molecule has 0 aromatic heterocycles. The molecule has 2 unspecified atom stereocenters. The van der Waals surface area contributed by atoms with Gasteiger partial charge in [-0.2, -0.15) is 0 Å². The Morgan fingerprint density at radius 2 is 2.06 bits per heavy atom. The minimum absolute atomic E-state index is 0.634. The largest absolute Gasteiger partial charge is 0.384 e. The fourth-order valence-corrected chi connectivity index (χ4v) is 3.63. The number of nitrogens with one attached hydrogen (secondary N) is 1. The van der Waals surface area contributed by atoms with Gasteiger partial charge in [-0.1, -0.05) is 32.0 Å². The molecule has 0 bridgehead atoms. The van der Waals surface area contributed by atoms with E-state index in [1.165, 1.54) is 42.7 Å². The molecule has 0 spiro atoms. The first kappa shape index (κ1) is 12.0. The molecule has 2 aliphatic heterocycles. The van der Waals surface area contributed by atoms with E-state index >= 15 is 0 Å². The van der Waals surface area contributed by atoms with Gasteiger partial charge < -0.3 is 5.32 Å². The summed E-state index contributed by atoms with van der Waals surface area (Å²) in [4.78, 5) is 2.70. The van der Waals surface area contributed by atoms with Crippen molar-refractivity contribution in [2.45, 2.75) is 39.2 Å². The Hall–Kier alpha value is -1.02. The van der Waals surface area contributed by atoms with Gasteiger partial charge in [0, 0.05) is 18.3 Å². The van der Waals surface area contributed by atoms with E-state index in [2.05, 4.69) is 42.3 Å². The molecule has 2 aliphatic rings. The van der Waals surface area contributed by atoms with E-state index in [-0.39, 0.29) is 0 Å². The zero-order valence-corrected chi connectivity index (χ0v) is 11.6. The van der Waals surface area contributed by atoms with Crippen LogP contribution in [-0.2, 0) is 6.42 Å². The highest BCUT2D eigenvalue weighted by Gasteiger charge is 2.33. The van der Waals surface area contributed by atoms with Crippen LogP contribution in [0.3, 0.4) is 0 Å². The summed E-state index contributed by atoms with van der Waals surface area (Å²) in [5.74, 6) is 0.711. The second-order valence-corrected chi connectivity index (χ2v) is 5.78. The lowest BCUT2D eigenvalue weighted by Crippen LogP contribution is -2.37. The summed E-state index contributed by atoms with van der Waals surface area (Å²) >= 11 is 0. The first-order valence-corrected chi connectivity index (χ1v) is 7.41. The van der Waals surface area contributed by atoms with Crippen LogP contribution in [0.25, 0.3) is 0 Å². The summed E-state index contributed by atoms with van der Waals surface area (Å²) in [6.45, 7) is 8.32. The predicted octanol–water partition coefficient (Wildman–Crippen LogP) is 3.45. The maximum absolute atomic E-state index is 3.66. The van der Waals surface area contributed by atoms with Gasteiger partial charge in [0.05, 0.1) is 0 Å². The molecule has 2 atom stereocenters. The molecule has 1 N–H and O–H groups in total. The monoisotopic (exact) mass is 244 g/mol. The van der Waals surface area contributed by atoms with Gasteiger partial charge in [0.25, 0.3) is 0 Å². The van der Waals surface area contributed by atoms with Crippen molar-refractivity contribution >= 4 is 5.69 Å². The first-order valence-electron chi connectivity index (χ1n) is 7.41. The quantitative estimate of drug-likeness (QED) is 0.857. The lowest BCUT2D eigenvalue weighted by molar-refractivity contribution is 0.185. The van der Waals surface area contributed by atoms with Crippen LogP contribution in [0.5, 0.6) is 0 Å². The number of hydrogen-bond acceptors (Lipinski definition) is 2. The Labute approximate surface area is 110 Å². The summed E-state index contributed by atoms with van der Waals surface area (Å²) in [6.07, 6.45) is 3.87. The number of likely N-dealkylation sites (tertiary alicyclic amines) is 1. The van der Waals surface area contributed by atoms with E-state index in [1.54, 1.807) is 0 Å². The highest BCUT2D eigenvalue weighted by atomic mass is 15.2. The molecule has 2 heterocycles. The lowest BCUT2D eigenvalue weighted by Gasteiger charge is -2.39. The molecule has 2 heteroatoms. The third-order valence-corrected chi connectivity index (χ3v) is 4.56. The van der Waals surface area contributed by atoms with Crippen LogP contribution in [0.1, 0.15) is 43.9 Å². The molecule has 2 nitrogen and oxygen atoms in total. The fourth-order valence-electron chi connectivity index (χ4n) is 3.63. The van der Waals surface area contributed by atoms with Gasteiger partial charge >= 0.3 is 0 Å². The molecular weight excluding hydrogens is 220 g/mol. The van der Waals surface area contributed by atoms with E-state index in [1.807, 2.05) is 0 Å². The number of aryl methyl sites for hydroxylation is 1. The van der Waals surface area contributed by atoms with Gasteiger partial charge in [0.2, 0.25) is 0 Å². The van der Waals surface area contributed by atoms with Gasteiger partial charge in [-0.3, -0.25) is 4.90 Å². The number of rotatable bonds is 2. The van der Waals surface area contributed by atoms with Crippen molar-refractivity contribution < 1.29 is 0 Å². The number of nitrogens with zero attached hydrogens (tertiary/aromatic N) is 1. The number of para-hydroxylation sites is 1. The van der Waals surface area contributed by atoms with Crippen molar-refractivity contribution in [1.29, 1.82) is 0 Å². The van der Waals surface area contributed by atoms with Gasteiger partial charge in [-0.15, -0.1) is 0 Å². The molecule has 0 aliphatic carbocycles. The maximum atomic E-state index is 3.66. The maximum Gasteiger partial charge on any atom is 0.0421 e. The Bertz CT molecular complexity index is 421. The van der Waals surface area contributed by atoms with E-state index in [0.717, 1.165) is 13.0 Å². The van der Waals surface area contributed by atoms with Crippen molar-refractivity contribution in [2.75, 3.05) is 25.0 Å². The van der Waals surface area contributed by atoms with E-state index < -0.39 is 0 Å². The van der Waals surface area contributed by atoms with Crippen LogP contribution >= 0.6 is 0 Å². The van der Waals surface area contributed by atoms with Crippen molar-refractivity contribution in [3.8, 4) is 0 Å². The van der Waals surface area contributed by atoms with E-state index in [4.69, 9.17) is 0 Å². The van der Waals surface area contributed by atoms with Gasteiger partial charge in [0.15, 0.2) is 0 Å². The molecule has 18 heavy (non-hydrogen) atoms. The van der Waals surface area contributed by atoms with Crippen LogP contribution in [0.15, 0.2) is 18.2 Å². The standard InChI is InChI=1S/C16H24N2/c1-3-13-7-6-8-14-15(13)17-11-12(2)16(14)18-9-4-5-10-18/h6-8,12,16-17H,3-5,9-11H2,1-2H3. The molecule has 0 radical (unpaired) electrons. The van der Waals surface area contributed by atoms with Crippen LogP contribution in [0, 0.1) is 5.92 Å².